The van der Waals surface area contributed by atoms with Crippen LogP contribution in [0.4, 0.5) is 5.95 Å². The van der Waals surface area contributed by atoms with Crippen LogP contribution in [0, 0.1) is 0 Å². The fourth-order valence-corrected chi connectivity index (χ4v) is 3.89. The second kappa shape index (κ2) is 6.97. The summed E-state index contributed by atoms with van der Waals surface area (Å²) in [5, 5.41) is 0. The average Bonchev–Trinajstić information content (AvgIpc) is 3.13. The molecule has 0 fully saturated rings. The van der Waals surface area contributed by atoms with Crippen molar-refractivity contribution in [3.8, 4) is 5.75 Å². The first-order valence-electron chi connectivity index (χ1n) is 9.66. The van der Waals surface area contributed by atoms with Gasteiger partial charge in [-0.15, -0.1) is 0 Å². The molecular weight excluding hydrogens is 346 g/mol. The van der Waals surface area contributed by atoms with Crippen LogP contribution < -0.4 is 4.74 Å². The molecule has 0 N–H and O–H groups in total. The van der Waals surface area contributed by atoms with Gasteiger partial charge in [-0.2, -0.15) is 0 Å². The number of nitrogens with zero attached hydrogens (tertiary/aromatic N) is 3. The molecule has 1 aromatic heterocycles. The molecule has 2 heterocycles. The lowest BCUT2D eigenvalue weighted by Crippen LogP contribution is -2.20. The highest BCUT2D eigenvalue weighted by Crippen LogP contribution is 2.37. The van der Waals surface area contributed by atoms with E-state index in [9.17, 15) is 0 Å². The number of aromatic nitrogens is 2. The fraction of sp³-hybridized carbons (Fsp3) is 0.167. The Balaban J connectivity index is 1.66. The molecule has 0 spiro atoms. The van der Waals surface area contributed by atoms with Gasteiger partial charge >= 0.3 is 0 Å². The summed E-state index contributed by atoms with van der Waals surface area (Å²) in [5.74, 6) is 1.67. The maximum Gasteiger partial charge on any atom is 0.231 e. The van der Waals surface area contributed by atoms with Gasteiger partial charge < -0.3 is 9.30 Å². The first-order chi connectivity index (χ1) is 13.8. The minimum Gasteiger partial charge on any atom is -0.494 e. The second-order valence-corrected chi connectivity index (χ2v) is 6.92. The number of ether oxygens (including phenoxy) is 1. The molecule has 1 unspecified atom stereocenters. The number of fused-ring (bicyclic) bond motifs is 3. The Labute approximate surface area is 164 Å². The predicted molar refractivity (Wildman–Crippen MR) is 113 cm³/mol. The van der Waals surface area contributed by atoms with Gasteiger partial charge in [0.2, 0.25) is 5.95 Å². The van der Waals surface area contributed by atoms with Gasteiger partial charge in [0.05, 0.1) is 29.4 Å². The Kier molecular flexibility index (Phi) is 4.17. The van der Waals surface area contributed by atoms with Crippen LogP contribution in [0.15, 0.2) is 83.9 Å². The van der Waals surface area contributed by atoms with Crippen molar-refractivity contribution in [2.75, 3.05) is 6.61 Å². The van der Waals surface area contributed by atoms with Crippen LogP contribution in [0.1, 0.15) is 30.5 Å². The average molecular weight is 367 g/mol. The van der Waals surface area contributed by atoms with E-state index in [0.717, 1.165) is 40.4 Å². The smallest absolute Gasteiger partial charge is 0.231 e. The van der Waals surface area contributed by atoms with Gasteiger partial charge in [-0.3, -0.25) is 0 Å². The topological polar surface area (TPSA) is 39.4 Å². The number of imidazole rings is 1. The van der Waals surface area contributed by atoms with E-state index in [4.69, 9.17) is 14.7 Å². The Morgan fingerprint density at radius 2 is 1.68 bits per heavy atom. The number of aliphatic imine (C=N–C) groups is 1. The molecule has 1 aliphatic heterocycles. The van der Waals surface area contributed by atoms with E-state index in [-0.39, 0.29) is 6.04 Å². The minimum absolute atomic E-state index is 0.144. The zero-order valence-corrected chi connectivity index (χ0v) is 15.7. The third-order valence-corrected chi connectivity index (χ3v) is 5.19. The van der Waals surface area contributed by atoms with Gasteiger partial charge in [-0.05, 0) is 42.3 Å². The molecule has 0 amide bonds. The van der Waals surface area contributed by atoms with Crippen LogP contribution in [0.25, 0.3) is 11.0 Å². The van der Waals surface area contributed by atoms with E-state index in [1.165, 1.54) is 5.56 Å². The second-order valence-electron chi connectivity index (χ2n) is 6.92. The van der Waals surface area contributed by atoms with Crippen LogP contribution in [0.2, 0.25) is 0 Å². The quantitative estimate of drug-likeness (QED) is 0.474. The highest BCUT2D eigenvalue weighted by Gasteiger charge is 2.27. The van der Waals surface area contributed by atoms with E-state index in [1.807, 2.05) is 37.3 Å². The van der Waals surface area contributed by atoms with E-state index in [0.29, 0.717) is 6.61 Å². The van der Waals surface area contributed by atoms with Crippen LogP contribution in [0.3, 0.4) is 0 Å². The summed E-state index contributed by atoms with van der Waals surface area (Å²) in [6.07, 6.45) is 0.825. The van der Waals surface area contributed by atoms with Crippen LogP contribution in [-0.4, -0.2) is 21.9 Å². The standard InChI is InChI=1S/C24H21N3O/c1-2-28-19-14-12-18(13-15-19)23-16-21(17-8-4-3-5-9-17)26-24-25-20-10-6-7-11-22(20)27(23)24/h3-15,23H,2,16H2,1H3. The maximum absolute atomic E-state index is 5.62. The number of benzene rings is 3. The molecule has 0 saturated heterocycles. The Bertz CT molecular complexity index is 1140. The molecule has 5 rings (SSSR count). The third-order valence-electron chi connectivity index (χ3n) is 5.19. The first-order valence-corrected chi connectivity index (χ1v) is 9.66. The molecule has 0 saturated carbocycles. The Morgan fingerprint density at radius 1 is 0.929 bits per heavy atom. The number of para-hydroxylation sites is 2. The van der Waals surface area contributed by atoms with Gasteiger partial charge in [-0.1, -0.05) is 54.6 Å². The normalized spacial score (nSPS) is 15.9. The number of hydrogen-bond acceptors (Lipinski definition) is 3. The lowest BCUT2D eigenvalue weighted by Gasteiger charge is -2.26. The van der Waals surface area contributed by atoms with Crippen molar-refractivity contribution in [3.63, 3.8) is 0 Å². The van der Waals surface area contributed by atoms with E-state index < -0.39 is 0 Å². The summed E-state index contributed by atoms with van der Waals surface area (Å²) in [6, 6.07) is 27.2. The summed E-state index contributed by atoms with van der Waals surface area (Å²) in [7, 11) is 0. The summed E-state index contributed by atoms with van der Waals surface area (Å²) in [4.78, 5) is 9.72. The largest absolute Gasteiger partial charge is 0.494 e. The zero-order valence-electron chi connectivity index (χ0n) is 15.7. The van der Waals surface area contributed by atoms with Crippen molar-refractivity contribution in [2.45, 2.75) is 19.4 Å². The van der Waals surface area contributed by atoms with Crippen molar-refractivity contribution < 1.29 is 4.74 Å². The molecule has 4 nitrogen and oxygen atoms in total. The number of hydrogen-bond donors (Lipinski definition) is 0. The molecular formula is C24H21N3O. The predicted octanol–water partition coefficient (Wildman–Crippen LogP) is 5.55. The van der Waals surface area contributed by atoms with Crippen LogP contribution >= 0.6 is 0 Å². The van der Waals surface area contributed by atoms with Gasteiger partial charge in [0, 0.05) is 6.42 Å². The Hall–Kier alpha value is -3.40. The van der Waals surface area contributed by atoms with Crippen molar-refractivity contribution in [2.24, 2.45) is 4.99 Å². The summed E-state index contributed by atoms with van der Waals surface area (Å²) in [6.45, 7) is 2.67. The van der Waals surface area contributed by atoms with Crippen molar-refractivity contribution >= 4 is 22.7 Å². The third kappa shape index (κ3) is 2.87. The Morgan fingerprint density at radius 3 is 2.46 bits per heavy atom. The van der Waals surface area contributed by atoms with Gasteiger partial charge in [0.15, 0.2) is 0 Å². The summed E-state index contributed by atoms with van der Waals surface area (Å²) in [5.41, 5.74) is 5.55. The highest BCUT2D eigenvalue weighted by atomic mass is 16.5. The lowest BCUT2D eigenvalue weighted by atomic mass is 9.95. The lowest BCUT2D eigenvalue weighted by molar-refractivity contribution is 0.340. The molecule has 28 heavy (non-hydrogen) atoms. The first kappa shape index (κ1) is 16.8. The molecule has 4 heteroatoms. The molecule has 4 aromatic rings. The van der Waals surface area contributed by atoms with Gasteiger partial charge in [-0.25, -0.2) is 9.98 Å². The minimum atomic E-state index is 0.144. The summed E-state index contributed by atoms with van der Waals surface area (Å²) < 4.78 is 7.88. The SMILES string of the molecule is CCOc1ccc(C2CC(c3ccccc3)=Nc3nc4ccccc4n32)cc1. The van der Waals surface area contributed by atoms with Crippen molar-refractivity contribution in [1.29, 1.82) is 0 Å². The molecule has 1 atom stereocenters. The molecule has 3 aromatic carbocycles. The van der Waals surface area contributed by atoms with Gasteiger partial charge in [0.25, 0.3) is 0 Å². The van der Waals surface area contributed by atoms with Crippen LogP contribution in [-0.2, 0) is 0 Å². The van der Waals surface area contributed by atoms with E-state index in [1.54, 1.807) is 0 Å². The van der Waals surface area contributed by atoms with E-state index >= 15 is 0 Å². The fourth-order valence-electron chi connectivity index (χ4n) is 3.89. The molecule has 0 radical (unpaired) electrons. The van der Waals surface area contributed by atoms with Crippen molar-refractivity contribution in [3.05, 3.63) is 90.0 Å². The monoisotopic (exact) mass is 367 g/mol. The molecule has 0 aliphatic carbocycles. The number of rotatable bonds is 4. The molecule has 138 valence electrons. The highest BCUT2D eigenvalue weighted by molar-refractivity contribution is 6.03. The zero-order chi connectivity index (χ0) is 18.9. The van der Waals surface area contributed by atoms with Crippen LogP contribution in [0.5, 0.6) is 5.75 Å². The molecule has 1 aliphatic rings. The summed E-state index contributed by atoms with van der Waals surface area (Å²) >= 11 is 0. The molecule has 0 bridgehead atoms. The van der Waals surface area contributed by atoms with Crippen molar-refractivity contribution in [1.82, 2.24) is 9.55 Å². The van der Waals surface area contributed by atoms with Gasteiger partial charge in [0.1, 0.15) is 5.75 Å². The van der Waals surface area contributed by atoms with E-state index in [2.05, 4.69) is 53.1 Å². The maximum atomic E-state index is 5.62.